The molecule has 4 heteroatoms. The Bertz CT molecular complexity index is 3630. The number of rotatable bonds is 9. The van der Waals surface area contributed by atoms with Crippen molar-refractivity contribution in [2.24, 2.45) is 0 Å². The molecule has 0 aliphatic heterocycles. The van der Waals surface area contributed by atoms with Crippen LogP contribution in [0.3, 0.4) is 0 Å². The smallest absolute Gasteiger partial charge is 0.158 e. The van der Waals surface area contributed by atoms with E-state index < -0.39 is 0 Å². The molecule has 4 nitrogen and oxygen atoms in total. The van der Waals surface area contributed by atoms with Crippen LogP contribution >= 0.6 is 0 Å². The van der Waals surface area contributed by atoms with E-state index in [2.05, 4.69) is 205 Å². The Labute approximate surface area is 362 Å². The van der Waals surface area contributed by atoms with E-state index in [1.165, 1.54) is 54.8 Å². The van der Waals surface area contributed by atoms with Crippen LogP contribution in [-0.2, 0) is 0 Å². The molecule has 0 saturated heterocycles. The average molecular weight is 807 g/mol. The highest BCUT2D eigenvalue weighted by atomic mass is 16.3. The van der Waals surface area contributed by atoms with E-state index in [1.54, 1.807) is 0 Å². The van der Waals surface area contributed by atoms with Crippen LogP contribution < -0.4 is 20.9 Å². The van der Waals surface area contributed by atoms with Crippen molar-refractivity contribution in [3.63, 3.8) is 0 Å². The standard InChI is InChI=1S/C58H50N2O2/c1-9-16-43-44-21-13-18-36(6)56(44)61-52(43)33-60(41(10-2)31-38(8)34(3)4)51-30-27-40-32-48(42-20-12-11-17-35(42)5)55-49(29-26-39-25-28-47(51)53(40)54(39)55)59-50-24-15-23-46-45-22-14-19-37(7)57(45)62-58(46)50/h9,11-33,59H,1,10H2,2-8H3/b41-31+,43-16-,52-33-. The summed E-state index contributed by atoms with van der Waals surface area (Å²) in [6.07, 6.45) is 9.23. The molecular weight excluding hydrogens is 757 g/mol. The average Bonchev–Trinajstić information content (AvgIpc) is 3.84. The summed E-state index contributed by atoms with van der Waals surface area (Å²) in [6, 6.07) is 43.9. The fourth-order valence-corrected chi connectivity index (χ4v) is 9.35. The number of fused-ring (bicyclic) bond motifs is 4. The first-order valence-electron chi connectivity index (χ1n) is 21.6. The molecular formula is C58H50N2O2. The van der Waals surface area contributed by atoms with Crippen molar-refractivity contribution in [2.75, 3.05) is 10.2 Å². The predicted octanol–water partition coefficient (Wildman–Crippen LogP) is 15.4. The molecule has 0 radical (unpaired) electrons. The summed E-state index contributed by atoms with van der Waals surface area (Å²) in [7, 11) is 0. The highest BCUT2D eigenvalue weighted by Crippen LogP contribution is 2.48. The van der Waals surface area contributed by atoms with Crippen LogP contribution in [0.5, 0.6) is 0 Å². The van der Waals surface area contributed by atoms with E-state index in [1.807, 2.05) is 6.08 Å². The van der Waals surface area contributed by atoms with Crippen LogP contribution in [0.4, 0.5) is 17.1 Å². The van der Waals surface area contributed by atoms with Gasteiger partial charge in [0.25, 0.3) is 0 Å². The molecule has 2 aromatic heterocycles. The first kappa shape index (κ1) is 38.9. The van der Waals surface area contributed by atoms with Gasteiger partial charge < -0.3 is 19.1 Å². The third-order valence-corrected chi connectivity index (χ3v) is 12.8. The van der Waals surface area contributed by atoms with Crippen LogP contribution in [0.15, 0.2) is 166 Å². The number of para-hydroxylation sites is 3. The van der Waals surface area contributed by atoms with Crippen molar-refractivity contribution in [3.05, 3.63) is 184 Å². The summed E-state index contributed by atoms with van der Waals surface area (Å²) < 4.78 is 13.4. The maximum atomic E-state index is 6.78. The van der Waals surface area contributed by atoms with E-state index in [-0.39, 0.29) is 0 Å². The molecule has 62 heavy (non-hydrogen) atoms. The molecule has 0 fully saturated rings. The van der Waals surface area contributed by atoms with E-state index in [0.717, 1.165) is 89.2 Å². The Balaban J connectivity index is 1.28. The van der Waals surface area contributed by atoms with Crippen molar-refractivity contribution in [1.29, 1.82) is 0 Å². The van der Waals surface area contributed by atoms with Gasteiger partial charge >= 0.3 is 0 Å². The van der Waals surface area contributed by atoms with E-state index in [4.69, 9.17) is 8.83 Å². The van der Waals surface area contributed by atoms with Gasteiger partial charge in [-0.2, -0.15) is 0 Å². The summed E-state index contributed by atoms with van der Waals surface area (Å²) in [5.41, 5.74) is 16.0. The molecule has 0 bridgehead atoms. The first-order valence-corrected chi connectivity index (χ1v) is 21.6. The van der Waals surface area contributed by atoms with Crippen LogP contribution in [0, 0.1) is 20.8 Å². The molecule has 0 atom stereocenters. The second-order valence-corrected chi connectivity index (χ2v) is 16.9. The van der Waals surface area contributed by atoms with Gasteiger partial charge in [-0.1, -0.05) is 134 Å². The minimum absolute atomic E-state index is 0.789. The number of furan rings is 2. The van der Waals surface area contributed by atoms with Crippen molar-refractivity contribution >= 4 is 94.6 Å². The molecule has 0 unspecified atom stereocenters. The molecule has 0 saturated carbocycles. The van der Waals surface area contributed by atoms with Crippen LogP contribution in [0.25, 0.3) is 88.6 Å². The molecule has 1 N–H and O–H groups in total. The number of hydrogen-bond acceptors (Lipinski definition) is 4. The lowest BCUT2D eigenvalue weighted by atomic mass is 9.86. The Morgan fingerprint density at radius 1 is 0.613 bits per heavy atom. The molecule has 10 aromatic rings. The molecule has 304 valence electrons. The monoisotopic (exact) mass is 806 g/mol. The highest BCUT2D eigenvalue weighted by molar-refractivity contribution is 6.31. The van der Waals surface area contributed by atoms with Gasteiger partial charge in [0.2, 0.25) is 0 Å². The van der Waals surface area contributed by atoms with Gasteiger partial charge in [0.1, 0.15) is 11.2 Å². The van der Waals surface area contributed by atoms with Crippen molar-refractivity contribution in [2.45, 2.75) is 54.9 Å². The van der Waals surface area contributed by atoms with Gasteiger partial charge in [0.15, 0.2) is 11.0 Å². The SMILES string of the molecule is C=C/C=c1\c(=C\N(/C(=C/C(C)=C(C)C)CC)c2ccc3cc(-c4ccccc4C)c4c(Nc5cccc6c5oc5c(C)cccc56)ccc5ccc2c3c54)oc2c(C)cccc12. The largest absolute Gasteiger partial charge is 0.454 e. The Morgan fingerprint density at radius 3 is 2.03 bits per heavy atom. The Hall–Kier alpha value is -7.30. The number of hydrogen-bond donors (Lipinski definition) is 1. The van der Waals surface area contributed by atoms with Crippen LogP contribution in [0.2, 0.25) is 0 Å². The summed E-state index contributed by atoms with van der Waals surface area (Å²) in [4.78, 5) is 2.36. The number of anilines is 3. The highest BCUT2D eigenvalue weighted by Gasteiger charge is 2.22. The number of nitrogens with zero attached hydrogens (tertiary/aromatic N) is 1. The zero-order chi connectivity index (χ0) is 42.8. The van der Waals surface area contributed by atoms with Gasteiger partial charge in [0.05, 0.1) is 17.6 Å². The summed E-state index contributed by atoms with van der Waals surface area (Å²) in [5.74, 6) is 0. The van der Waals surface area contributed by atoms with Gasteiger partial charge in [0, 0.05) is 48.9 Å². The summed E-state index contributed by atoms with van der Waals surface area (Å²) in [6.45, 7) is 19.3. The minimum atomic E-state index is 0.789. The van der Waals surface area contributed by atoms with Crippen LogP contribution in [0.1, 0.15) is 50.8 Å². The lowest BCUT2D eigenvalue weighted by Gasteiger charge is -2.27. The second-order valence-electron chi connectivity index (χ2n) is 16.9. The zero-order valence-electron chi connectivity index (χ0n) is 36.5. The third-order valence-electron chi connectivity index (χ3n) is 12.8. The van der Waals surface area contributed by atoms with Crippen LogP contribution in [-0.4, -0.2) is 0 Å². The lowest BCUT2D eigenvalue weighted by molar-refractivity contribution is 0.571. The van der Waals surface area contributed by atoms with Gasteiger partial charge in [-0.3, -0.25) is 0 Å². The number of nitrogens with one attached hydrogen (secondary N) is 1. The quantitative estimate of drug-likeness (QED) is 0.117. The van der Waals surface area contributed by atoms with E-state index in [0.29, 0.717) is 0 Å². The van der Waals surface area contributed by atoms with Gasteiger partial charge in [-0.05, 0) is 122 Å². The third kappa shape index (κ3) is 6.29. The fourth-order valence-electron chi connectivity index (χ4n) is 9.35. The number of allylic oxidation sites excluding steroid dienone is 5. The zero-order valence-corrected chi connectivity index (χ0v) is 36.5. The van der Waals surface area contributed by atoms with Crippen molar-refractivity contribution in [1.82, 2.24) is 0 Å². The molecule has 0 spiro atoms. The van der Waals surface area contributed by atoms with Crippen molar-refractivity contribution in [3.8, 4) is 11.1 Å². The maximum absolute atomic E-state index is 6.78. The molecule has 0 aliphatic carbocycles. The van der Waals surface area contributed by atoms with Gasteiger partial charge in [-0.15, -0.1) is 0 Å². The lowest BCUT2D eigenvalue weighted by Crippen LogP contribution is -2.26. The molecule has 0 amide bonds. The molecule has 8 aromatic carbocycles. The summed E-state index contributed by atoms with van der Waals surface area (Å²) in [5, 5.41) is 15.4. The van der Waals surface area contributed by atoms with E-state index in [9.17, 15) is 0 Å². The Morgan fingerprint density at radius 2 is 1.29 bits per heavy atom. The predicted molar refractivity (Wildman–Crippen MR) is 266 cm³/mol. The topological polar surface area (TPSA) is 41.5 Å². The van der Waals surface area contributed by atoms with Crippen molar-refractivity contribution < 1.29 is 8.83 Å². The first-order chi connectivity index (χ1) is 30.1. The Kier molecular flexibility index (Phi) is 9.60. The summed E-state index contributed by atoms with van der Waals surface area (Å²) >= 11 is 0. The minimum Gasteiger partial charge on any atom is -0.454 e. The maximum Gasteiger partial charge on any atom is 0.158 e. The molecule has 2 heterocycles. The van der Waals surface area contributed by atoms with E-state index >= 15 is 0 Å². The second kappa shape index (κ2) is 15.3. The number of benzene rings is 8. The fraction of sp³-hybridized carbons (Fsp3) is 0.138. The normalized spacial score (nSPS) is 12.9. The molecule has 10 rings (SSSR count). The number of aryl methyl sites for hydroxylation is 3. The van der Waals surface area contributed by atoms with Gasteiger partial charge in [-0.25, -0.2) is 0 Å². The molecule has 0 aliphatic rings.